The normalized spacial score (nSPS) is 11.9. The van der Waals surface area contributed by atoms with E-state index in [0.717, 1.165) is 66.1 Å². The molecule has 2 aromatic heterocycles. The zero-order valence-corrected chi connectivity index (χ0v) is 24.6. The first-order chi connectivity index (χ1) is 22.8. The van der Waals surface area contributed by atoms with Crippen molar-refractivity contribution in [1.29, 1.82) is 0 Å². The maximum Gasteiger partial charge on any atom is 0.116 e. The first-order valence-corrected chi connectivity index (χ1v) is 15.5. The van der Waals surface area contributed by atoms with Crippen LogP contribution in [-0.4, -0.2) is 19.9 Å². The summed E-state index contributed by atoms with van der Waals surface area (Å²) in [6, 6.07) is 49.2. The minimum Gasteiger partial charge on any atom is -0.244 e. The summed E-state index contributed by atoms with van der Waals surface area (Å²) in [6.07, 6.45) is 1.67. The van der Waals surface area contributed by atoms with Crippen LogP contribution in [0.5, 0.6) is 0 Å². The first-order valence-electron chi connectivity index (χ1n) is 15.5. The molecule has 0 aliphatic carbocycles. The number of rotatable bonds is 2. The molecule has 0 radical (unpaired) electrons. The molecule has 0 amide bonds. The van der Waals surface area contributed by atoms with Crippen LogP contribution < -0.4 is 0 Å². The molecule has 212 valence electrons. The Balaban J connectivity index is 1.16. The van der Waals surface area contributed by atoms with Crippen LogP contribution in [0.15, 0.2) is 146 Å². The SMILES string of the molecule is c1ccc2nc3c4ccc(-c5cc(-c6ccc7c8ccccc8c8ccccc8c7c6)ncn5)cc4c4ccccc4c3nc2c1. The Morgan fingerprint density at radius 1 is 0.304 bits per heavy atom. The van der Waals surface area contributed by atoms with E-state index in [2.05, 4.69) is 115 Å². The molecule has 10 aromatic rings. The third kappa shape index (κ3) is 3.67. The third-order valence-electron chi connectivity index (χ3n) is 9.32. The minimum atomic E-state index is 0.879. The molecule has 0 fully saturated rings. The topological polar surface area (TPSA) is 51.6 Å². The van der Waals surface area contributed by atoms with Crippen molar-refractivity contribution in [3.8, 4) is 22.5 Å². The summed E-state index contributed by atoms with van der Waals surface area (Å²) in [5.74, 6) is 0. The maximum atomic E-state index is 5.09. The van der Waals surface area contributed by atoms with E-state index >= 15 is 0 Å². The number of aromatic nitrogens is 4. The van der Waals surface area contributed by atoms with Gasteiger partial charge in [0.15, 0.2) is 0 Å². The molecule has 0 atom stereocenters. The summed E-state index contributed by atoms with van der Waals surface area (Å²) < 4.78 is 0. The van der Waals surface area contributed by atoms with Gasteiger partial charge in [0.25, 0.3) is 0 Å². The van der Waals surface area contributed by atoms with Crippen LogP contribution in [0.4, 0.5) is 0 Å². The van der Waals surface area contributed by atoms with Gasteiger partial charge in [-0.1, -0.05) is 109 Å². The average Bonchev–Trinajstić information content (AvgIpc) is 3.14. The van der Waals surface area contributed by atoms with Gasteiger partial charge in [0.1, 0.15) is 6.33 Å². The Hall–Kier alpha value is -6.26. The number of benzene rings is 8. The highest BCUT2D eigenvalue weighted by Gasteiger charge is 2.15. The Labute approximate surface area is 263 Å². The second-order valence-corrected chi connectivity index (χ2v) is 11.9. The van der Waals surface area contributed by atoms with Gasteiger partial charge < -0.3 is 0 Å². The monoisotopic (exact) mass is 584 g/mol. The van der Waals surface area contributed by atoms with Gasteiger partial charge in [0.2, 0.25) is 0 Å². The van der Waals surface area contributed by atoms with Crippen molar-refractivity contribution in [2.75, 3.05) is 0 Å². The summed E-state index contributed by atoms with van der Waals surface area (Å²) in [5.41, 5.74) is 7.51. The van der Waals surface area contributed by atoms with E-state index < -0.39 is 0 Å². The van der Waals surface area contributed by atoms with Crippen LogP contribution in [-0.2, 0) is 0 Å². The number of para-hydroxylation sites is 2. The van der Waals surface area contributed by atoms with E-state index in [-0.39, 0.29) is 0 Å². The molecule has 0 unspecified atom stereocenters. The Bertz CT molecular complexity index is 2840. The zero-order valence-electron chi connectivity index (χ0n) is 24.6. The molecular weight excluding hydrogens is 560 g/mol. The lowest BCUT2D eigenvalue weighted by molar-refractivity contribution is 1.18. The van der Waals surface area contributed by atoms with Crippen LogP contribution in [0, 0.1) is 0 Å². The third-order valence-corrected chi connectivity index (χ3v) is 9.32. The Morgan fingerprint density at radius 3 is 1.22 bits per heavy atom. The van der Waals surface area contributed by atoms with Crippen molar-refractivity contribution < 1.29 is 0 Å². The molecule has 0 spiro atoms. The fourth-order valence-corrected chi connectivity index (χ4v) is 7.17. The fraction of sp³-hybridized carbons (Fsp3) is 0. The molecule has 46 heavy (non-hydrogen) atoms. The number of hydrogen-bond acceptors (Lipinski definition) is 4. The maximum absolute atomic E-state index is 5.09. The molecule has 0 N–H and O–H groups in total. The molecule has 0 saturated carbocycles. The van der Waals surface area contributed by atoms with Crippen molar-refractivity contribution in [1.82, 2.24) is 19.9 Å². The summed E-state index contributed by atoms with van der Waals surface area (Å²) in [6.45, 7) is 0. The van der Waals surface area contributed by atoms with Crippen LogP contribution in [0.3, 0.4) is 0 Å². The lowest BCUT2D eigenvalue weighted by atomic mass is 9.92. The van der Waals surface area contributed by atoms with Crippen molar-refractivity contribution in [3.05, 3.63) is 146 Å². The van der Waals surface area contributed by atoms with Crippen molar-refractivity contribution >= 4 is 75.9 Å². The van der Waals surface area contributed by atoms with Gasteiger partial charge in [-0.2, -0.15) is 0 Å². The zero-order chi connectivity index (χ0) is 30.2. The molecule has 2 heterocycles. The average molecular weight is 585 g/mol. The summed E-state index contributed by atoms with van der Waals surface area (Å²) in [5, 5.41) is 12.0. The Morgan fingerprint density at radius 2 is 0.674 bits per heavy atom. The summed E-state index contributed by atoms with van der Waals surface area (Å²) in [4.78, 5) is 19.6. The van der Waals surface area contributed by atoms with Crippen LogP contribution in [0.25, 0.3) is 98.4 Å². The van der Waals surface area contributed by atoms with E-state index in [1.807, 2.05) is 24.3 Å². The highest BCUT2D eigenvalue weighted by molar-refractivity contribution is 6.26. The Kier molecular flexibility index (Phi) is 5.25. The van der Waals surface area contributed by atoms with Crippen molar-refractivity contribution in [2.45, 2.75) is 0 Å². The predicted molar refractivity (Wildman–Crippen MR) is 191 cm³/mol. The lowest BCUT2D eigenvalue weighted by Gasteiger charge is -2.13. The minimum absolute atomic E-state index is 0.879. The quantitative estimate of drug-likeness (QED) is 0.150. The van der Waals surface area contributed by atoms with E-state index in [1.54, 1.807) is 6.33 Å². The first kappa shape index (κ1) is 25.1. The predicted octanol–water partition coefficient (Wildman–Crippen LogP) is 10.7. The van der Waals surface area contributed by atoms with Crippen molar-refractivity contribution in [3.63, 3.8) is 0 Å². The van der Waals surface area contributed by atoms with Gasteiger partial charge in [0.05, 0.1) is 33.5 Å². The van der Waals surface area contributed by atoms with Gasteiger partial charge >= 0.3 is 0 Å². The van der Waals surface area contributed by atoms with Gasteiger partial charge in [-0.3, -0.25) is 0 Å². The van der Waals surface area contributed by atoms with Crippen LogP contribution in [0.2, 0.25) is 0 Å². The van der Waals surface area contributed by atoms with Gasteiger partial charge in [-0.05, 0) is 73.4 Å². The fourth-order valence-electron chi connectivity index (χ4n) is 7.17. The number of nitrogens with zero attached hydrogens (tertiary/aromatic N) is 4. The molecule has 10 rings (SSSR count). The van der Waals surface area contributed by atoms with Gasteiger partial charge in [0, 0.05) is 21.9 Å². The molecule has 0 aliphatic heterocycles. The molecular formula is C42H24N4. The van der Waals surface area contributed by atoms with E-state index in [4.69, 9.17) is 19.9 Å². The van der Waals surface area contributed by atoms with E-state index in [9.17, 15) is 0 Å². The molecule has 8 aromatic carbocycles. The van der Waals surface area contributed by atoms with Crippen LogP contribution >= 0.6 is 0 Å². The largest absolute Gasteiger partial charge is 0.244 e. The summed E-state index contributed by atoms with van der Waals surface area (Å²) in [7, 11) is 0. The van der Waals surface area contributed by atoms with Crippen LogP contribution in [0.1, 0.15) is 0 Å². The highest BCUT2D eigenvalue weighted by Crippen LogP contribution is 2.39. The summed E-state index contributed by atoms with van der Waals surface area (Å²) >= 11 is 0. The number of fused-ring (bicyclic) bond motifs is 13. The molecule has 0 bridgehead atoms. The van der Waals surface area contributed by atoms with Gasteiger partial charge in [-0.25, -0.2) is 19.9 Å². The van der Waals surface area contributed by atoms with E-state index in [0.29, 0.717) is 0 Å². The molecule has 0 aliphatic rings. The van der Waals surface area contributed by atoms with E-state index in [1.165, 1.54) is 32.3 Å². The van der Waals surface area contributed by atoms with Gasteiger partial charge in [-0.15, -0.1) is 0 Å². The number of hydrogen-bond donors (Lipinski definition) is 0. The highest BCUT2D eigenvalue weighted by atomic mass is 14.8. The lowest BCUT2D eigenvalue weighted by Crippen LogP contribution is -1.93. The molecule has 0 saturated heterocycles. The smallest absolute Gasteiger partial charge is 0.116 e. The second-order valence-electron chi connectivity index (χ2n) is 11.9. The standard InChI is InChI=1S/C42H24N4/c1-2-11-29-27(9-1)28-10-3-4-12-30(28)35-21-25(17-19-32(29)35)39-23-40(44-24-43-39)26-18-20-34-36(22-26)31-13-5-6-14-33(31)41-42(34)46-38-16-8-7-15-37(38)45-41/h1-24H. The second kappa shape index (κ2) is 9.62. The molecule has 4 nitrogen and oxygen atoms in total. The molecule has 4 heteroatoms. The van der Waals surface area contributed by atoms with Crippen molar-refractivity contribution in [2.24, 2.45) is 0 Å².